The van der Waals surface area contributed by atoms with E-state index in [0.29, 0.717) is 29.0 Å². The predicted octanol–water partition coefficient (Wildman–Crippen LogP) is 3.76. The predicted molar refractivity (Wildman–Crippen MR) is 113 cm³/mol. The fourth-order valence-corrected chi connectivity index (χ4v) is 2.55. The molecule has 0 amide bonds. The number of hydrogen-bond donors (Lipinski definition) is 2. The molecule has 1 aromatic carbocycles. The van der Waals surface area contributed by atoms with Crippen LogP contribution < -0.4 is 15.4 Å². The number of hydrogen-bond acceptors (Lipinski definition) is 3. The molecule has 0 saturated heterocycles. The van der Waals surface area contributed by atoms with Gasteiger partial charge in [0.25, 0.3) is 0 Å². The second kappa shape index (κ2) is 12.0. The van der Waals surface area contributed by atoms with Crippen molar-refractivity contribution in [1.82, 2.24) is 20.4 Å². The quantitative estimate of drug-likeness (QED) is 0.321. The zero-order valence-corrected chi connectivity index (χ0v) is 18.1. The molecular weight excluding hydrogens is 491 g/mol. The Hall–Kier alpha value is -1.62. The molecule has 10 heteroatoms. The molecule has 1 heterocycles. The molecule has 0 bridgehead atoms. The molecule has 2 aromatic rings. The van der Waals surface area contributed by atoms with Gasteiger partial charge in [0.05, 0.1) is 0 Å². The van der Waals surface area contributed by atoms with Crippen LogP contribution in [-0.2, 0) is 13.1 Å². The maximum absolute atomic E-state index is 12.5. The van der Waals surface area contributed by atoms with Crippen LogP contribution in [-0.4, -0.2) is 35.9 Å². The van der Waals surface area contributed by atoms with Crippen molar-refractivity contribution < 1.29 is 13.5 Å². The standard InChI is InChI=1S/C17H22ClF2N5O.HI/c1-12(11-25-7-3-6-24-25)9-22-17(21-2)23-10-13-8-14(18)4-5-15(13)26-16(19)20;/h3-8,12,16H,9-11H2,1-2H3,(H2,21,22,23);1H. The lowest BCUT2D eigenvalue weighted by Gasteiger charge is -2.17. The summed E-state index contributed by atoms with van der Waals surface area (Å²) in [7, 11) is 1.64. The van der Waals surface area contributed by atoms with Gasteiger partial charge < -0.3 is 15.4 Å². The van der Waals surface area contributed by atoms with Crippen LogP contribution in [0, 0.1) is 5.92 Å². The summed E-state index contributed by atoms with van der Waals surface area (Å²) in [4.78, 5) is 4.14. The molecule has 2 rings (SSSR count). The minimum atomic E-state index is -2.89. The van der Waals surface area contributed by atoms with Crippen molar-refractivity contribution in [2.75, 3.05) is 13.6 Å². The first-order valence-electron chi connectivity index (χ1n) is 8.13. The van der Waals surface area contributed by atoms with E-state index in [1.807, 2.05) is 16.9 Å². The molecule has 0 spiro atoms. The van der Waals surface area contributed by atoms with E-state index in [1.54, 1.807) is 19.3 Å². The minimum absolute atomic E-state index is 0. The Bertz CT molecular complexity index is 715. The van der Waals surface area contributed by atoms with Gasteiger partial charge in [-0.2, -0.15) is 13.9 Å². The Morgan fingerprint density at radius 3 is 2.78 bits per heavy atom. The number of guanidine groups is 1. The molecular formula is C17H23ClF2IN5O. The summed E-state index contributed by atoms with van der Waals surface area (Å²) in [6, 6.07) is 6.39. The molecule has 1 atom stereocenters. The Balaban J connectivity index is 0.00000364. The molecule has 0 fully saturated rings. The maximum Gasteiger partial charge on any atom is 0.387 e. The van der Waals surface area contributed by atoms with E-state index in [9.17, 15) is 8.78 Å². The second-order valence-electron chi connectivity index (χ2n) is 5.77. The Morgan fingerprint density at radius 1 is 1.37 bits per heavy atom. The van der Waals surface area contributed by atoms with Crippen molar-refractivity contribution in [3.63, 3.8) is 0 Å². The number of ether oxygens (including phenoxy) is 1. The summed E-state index contributed by atoms with van der Waals surface area (Å²) < 4.78 is 31.4. The molecule has 0 aliphatic rings. The van der Waals surface area contributed by atoms with Crippen LogP contribution in [0.25, 0.3) is 0 Å². The van der Waals surface area contributed by atoms with Crippen LogP contribution in [0.2, 0.25) is 5.02 Å². The van der Waals surface area contributed by atoms with Crippen molar-refractivity contribution in [3.05, 3.63) is 47.2 Å². The third-order valence-corrected chi connectivity index (χ3v) is 3.82. The topological polar surface area (TPSA) is 63.5 Å². The highest BCUT2D eigenvalue weighted by molar-refractivity contribution is 14.0. The molecule has 6 nitrogen and oxygen atoms in total. The average molecular weight is 514 g/mol. The van der Waals surface area contributed by atoms with Crippen LogP contribution in [0.5, 0.6) is 5.75 Å². The molecule has 0 saturated carbocycles. The van der Waals surface area contributed by atoms with E-state index in [4.69, 9.17) is 11.6 Å². The van der Waals surface area contributed by atoms with Crippen LogP contribution in [0.15, 0.2) is 41.7 Å². The molecule has 0 radical (unpaired) electrons. The number of aliphatic imine (C=N–C) groups is 1. The van der Waals surface area contributed by atoms with E-state index >= 15 is 0 Å². The lowest BCUT2D eigenvalue weighted by atomic mass is 10.2. The van der Waals surface area contributed by atoms with Crippen LogP contribution in [0.1, 0.15) is 12.5 Å². The van der Waals surface area contributed by atoms with Gasteiger partial charge in [-0.1, -0.05) is 18.5 Å². The summed E-state index contributed by atoms with van der Waals surface area (Å²) in [6.45, 7) is 0.895. The molecule has 1 unspecified atom stereocenters. The number of nitrogens with zero attached hydrogens (tertiary/aromatic N) is 3. The van der Waals surface area contributed by atoms with Crippen molar-refractivity contribution in [2.45, 2.75) is 26.6 Å². The zero-order chi connectivity index (χ0) is 18.9. The summed E-state index contributed by atoms with van der Waals surface area (Å²) in [5.74, 6) is 0.956. The largest absolute Gasteiger partial charge is 0.434 e. The first kappa shape index (κ1) is 23.4. The lowest BCUT2D eigenvalue weighted by Crippen LogP contribution is -2.39. The smallest absolute Gasteiger partial charge is 0.387 e. The molecule has 27 heavy (non-hydrogen) atoms. The third-order valence-electron chi connectivity index (χ3n) is 3.58. The lowest BCUT2D eigenvalue weighted by molar-refractivity contribution is -0.0504. The summed E-state index contributed by atoms with van der Waals surface area (Å²) in [5, 5.41) is 10.9. The highest BCUT2D eigenvalue weighted by Gasteiger charge is 2.11. The van der Waals surface area contributed by atoms with Crippen LogP contribution in [0.3, 0.4) is 0 Å². The SMILES string of the molecule is CN=C(NCc1cc(Cl)ccc1OC(F)F)NCC(C)Cn1cccn1.I. The monoisotopic (exact) mass is 513 g/mol. The molecule has 2 N–H and O–H groups in total. The summed E-state index contributed by atoms with van der Waals surface area (Å²) >= 11 is 5.95. The first-order valence-corrected chi connectivity index (χ1v) is 8.51. The van der Waals surface area contributed by atoms with Crippen molar-refractivity contribution in [3.8, 4) is 5.75 Å². The van der Waals surface area contributed by atoms with E-state index in [2.05, 4.69) is 32.4 Å². The van der Waals surface area contributed by atoms with Gasteiger partial charge in [0.2, 0.25) is 0 Å². The van der Waals surface area contributed by atoms with E-state index in [1.165, 1.54) is 12.1 Å². The van der Waals surface area contributed by atoms with Gasteiger partial charge >= 0.3 is 6.61 Å². The maximum atomic E-state index is 12.5. The summed E-state index contributed by atoms with van der Waals surface area (Å²) in [6.07, 6.45) is 3.65. The average Bonchev–Trinajstić information content (AvgIpc) is 3.09. The van der Waals surface area contributed by atoms with E-state index in [-0.39, 0.29) is 36.3 Å². The zero-order valence-electron chi connectivity index (χ0n) is 15.0. The van der Waals surface area contributed by atoms with Crippen molar-refractivity contribution in [1.29, 1.82) is 0 Å². The Kier molecular flexibility index (Phi) is 10.4. The van der Waals surface area contributed by atoms with E-state index < -0.39 is 6.61 Å². The Morgan fingerprint density at radius 2 is 2.15 bits per heavy atom. The van der Waals surface area contributed by atoms with Gasteiger partial charge in [0, 0.05) is 49.7 Å². The number of rotatable bonds is 8. The fourth-order valence-electron chi connectivity index (χ4n) is 2.36. The van der Waals surface area contributed by atoms with Gasteiger partial charge in [-0.3, -0.25) is 9.67 Å². The summed E-state index contributed by atoms with van der Waals surface area (Å²) in [5.41, 5.74) is 0.519. The fraction of sp³-hybridized carbons (Fsp3) is 0.412. The van der Waals surface area contributed by atoms with E-state index in [0.717, 1.165) is 6.54 Å². The van der Waals surface area contributed by atoms with Gasteiger partial charge in [-0.25, -0.2) is 0 Å². The number of halogens is 4. The number of aromatic nitrogens is 2. The normalized spacial score (nSPS) is 12.4. The van der Waals surface area contributed by atoms with Gasteiger partial charge in [-0.05, 0) is 30.2 Å². The number of alkyl halides is 2. The van der Waals surface area contributed by atoms with Gasteiger partial charge in [-0.15, -0.1) is 24.0 Å². The van der Waals surface area contributed by atoms with Gasteiger partial charge in [0.15, 0.2) is 5.96 Å². The second-order valence-corrected chi connectivity index (χ2v) is 6.21. The Labute approximate surface area is 179 Å². The number of nitrogens with one attached hydrogen (secondary N) is 2. The first-order chi connectivity index (χ1) is 12.5. The minimum Gasteiger partial charge on any atom is -0.434 e. The molecule has 0 aliphatic heterocycles. The van der Waals surface area contributed by atoms with Crippen molar-refractivity contribution in [2.24, 2.45) is 10.9 Å². The molecule has 0 aliphatic carbocycles. The van der Waals surface area contributed by atoms with Crippen LogP contribution >= 0.6 is 35.6 Å². The molecule has 1 aromatic heterocycles. The number of benzene rings is 1. The van der Waals surface area contributed by atoms with Crippen molar-refractivity contribution >= 4 is 41.5 Å². The highest BCUT2D eigenvalue weighted by atomic mass is 127. The molecule has 150 valence electrons. The van der Waals surface area contributed by atoms with Crippen LogP contribution in [0.4, 0.5) is 8.78 Å². The third kappa shape index (κ3) is 8.29. The van der Waals surface area contributed by atoms with Gasteiger partial charge in [0.1, 0.15) is 5.75 Å². The highest BCUT2D eigenvalue weighted by Crippen LogP contribution is 2.24.